The van der Waals surface area contributed by atoms with Crippen LogP contribution in [-0.4, -0.2) is 35.2 Å². The minimum atomic E-state index is -0.745. The molecule has 1 saturated heterocycles. The summed E-state index contributed by atoms with van der Waals surface area (Å²) >= 11 is 0. The van der Waals surface area contributed by atoms with Crippen LogP contribution in [0, 0.1) is 19.8 Å². The van der Waals surface area contributed by atoms with Crippen molar-refractivity contribution in [2.45, 2.75) is 57.6 Å². The van der Waals surface area contributed by atoms with Crippen molar-refractivity contribution in [3.8, 4) is 0 Å². The van der Waals surface area contributed by atoms with E-state index in [0.717, 1.165) is 29.5 Å². The summed E-state index contributed by atoms with van der Waals surface area (Å²) in [7, 11) is 0. The van der Waals surface area contributed by atoms with E-state index in [1.165, 1.54) is 0 Å². The van der Waals surface area contributed by atoms with Gasteiger partial charge in [0.1, 0.15) is 0 Å². The summed E-state index contributed by atoms with van der Waals surface area (Å²) < 4.78 is 5.84. The van der Waals surface area contributed by atoms with Crippen molar-refractivity contribution in [2.75, 3.05) is 6.61 Å². The van der Waals surface area contributed by atoms with Crippen LogP contribution in [0.25, 0.3) is 0 Å². The molecule has 1 aliphatic heterocycles. The predicted molar refractivity (Wildman–Crippen MR) is 89.8 cm³/mol. The third-order valence-corrected chi connectivity index (χ3v) is 5.43. The Kier molecular flexibility index (Phi) is 4.63. The lowest BCUT2D eigenvalue weighted by Crippen LogP contribution is -2.56. The average molecular weight is 331 g/mol. The number of amides is 1. The number of carboxylic acid groups (broad SMARTS) is 1. The number of hydrogen-bond acceptors (Lipinski definition) is 3. The first-order valence-corrected chi connectivity index (χ1v) is 8.60. The number of ether oxygens (including phenoxy) is 1. The highest BCUT2D eigenvalue weighted by molar-refractivity contribution is 5.79. The average Bonchev–Trinajstić information content (AvgIpc) is 2.48. The van der Waals surface area contributed by atoms with Crippen molar-refractivity contribution in [2.24, 2.45) is 5.92 Å². The van der Waals surface area contributed by atoms with E-state index in [9.17, 15) is 9.59 Å². The van der Waals surface area contributed by atoms with Gasteiger partial charge in [-0.25, -0.2) is 0 Å². The van der Waals surface area contributed by atoms with Crippen LogP contribution in [0.15, 0.2) is 18.2 Å². The number of aryl methyl sites for hydroxylation is 2. The molecule has 1 aromatic rings. The molecule has 2 fully saturated rings. The maximum absolute atomic E-state index is 12.4. The summed E-state index contributed by atoms with van der Waals surface area (Å²) in [5, 5.41) is 12.2. The molecule has 1 aliphatic carbocycles. The Morgan fingerprint density at radius 2 is 1.92 bits per heavy atom. The van der Waals surface area contributed by atoms with Gasteiger partial charge in [-0.3, -0.25) is 9.59 Å². The molecule has 1 heterocycles. The molecule has 0 radical (unpaired) electrons. The zero-order chi connectivity index (χ0) is 17.3. The lowest BCUT2D eigenvalue weighted by molar-refractivity contribution is -0.182. The zero-order valence-corrected chi connectivity index (χ0v) is 14.3. The molecular formula is C19H25NO4. The molecule has 1 aromatic carbocycles. The Bertz CT molecular complexity index is 629. The third-order valence-electron chi connectivity index (χ3n) is 5.43. The second-order valence-electron chi connectivity index (χ2n) is 7.28. The molecule has 24 heavy (non-hydrogen) atoms. The van der Waals surface area contributed by atoms with E-state index in [0.29, 0.717) is 25.9 Å². The van der Waals surface area contributed by atoms with Crippen molar-refractivity contribution in [1.29, 1.82) is 0 Å². The summed E-state index contributed by atoms with van der Waals surface area (Å²) in [5.41, 5.74) is 3.03. The molecule has 5 heteroatoms. The van der Waals surface area contributed by atoms with Crippen molar-refractivity contribution >= 4 is 11.9 Å². The fourth-order valence-electron chi connectivity index (χ4n) is 4.02. The number of rotatable bonds is 4. The van der Waals surface area contributed by atoms with Crippen molar-refractivity contribution < 1.29 is 19.4 Å². The van der Waals surface area contributed by atoms with Gasteiger partial charge in [-0.1, -0.05) is 18.2 Å². The summed E-state index contributed by atoms with van der Waals surface area (Å²) in [5.74, 6) is -1.01. The quantitative estimate of drug-likeness (QED) is 0.888. The van der Waals surface area contributed by atoms with E-state index in [4.69, 9.17) is 9.84 Å². The number of benzene rings is 1. The van der Waals surface area contributed by atoms with Crippen LogP contribution in [-0.2, 0) is 20.7 Å². The molecule has 1 amide bonds. The standard InChI is InChI=1S/C19H25NO4/c1-12-4-3-5-13(2)16(12)8-17(21)20-15-6-7-24-19(11-15)9-14(10-19)18(22)23/h3-5,14-15H,6-11H2,1-2H3,(H,20,21)(H,22,23). The Labute approximate surface area is 142 Å². The molecule has 1 unspecified atom stereocenters. The van der Waals surface area contributed by atoms with E-state index in [1.54, 1.807) is 0 Å². The predicted octanol–water partition coefficient (Wildman–Crippen LogP) is 2.37. The Hall–Kier alpha value is -1.88. The minimum absolute atomic E-state index is 0.0311. The van der Waals surface area contributed by atoms with Crippen molar-refractivity contribution in [3.63, 3.8) is 0 Å². The lowest BCUT2D eigenvalue weighted by atomic mass is 9.66. The Balaban J connectivity index is 1.56. The second-order valence-corrected chi connectivity index (χ2v) is 7.28. The molecule has 5 nitrogen and oxygen atoms in total. The van der Waals surface area contributed by atoms with Crippen LogP contribution >= 0.6 is 0 Å². The van der Waals surface area contributed by atoms with Crippen molar-refractivity contribution in [3.05, 3.63) is 34.9 Å². The fraction of sp³-hybridized carbons (Fsp3) is 0.579. The summed E-state index contributed by atoms with van der Waals surface area (Å²) in [6, 6.07) is 6.13. The largest absolute Gasteiger partial charge is 0.481 e. The van der Waals surface area contributed by atoms with Crippen LogP contribution in [0.4, 0.5) is 0 Å². The highest BCUT2D eigenvalue weighted by atomic mass is 16.5. The molecule has 1 saturated carbocycles. The summed E-state index contributed by atoms with van der Waals surface area (Å²) in [6.45, 7) is 4.64. The summed E-state index contributed by atoms with van der Waals surface area (Å²) in [6.07, 6.45) is 3.02. The highest BCUT2D eigenvalue weighted by Crippen LogP contribution is 2.46. The number of carboxylic acids is 1. The molecule has 2 aliphatic rings. The maximum atomic E-state index is 12.4. The molecular weight excluding hydrogens is 306 g/mol. The van der Waals surface area contributed by atoms with Gasteiger partial charge in [0.15, 0.2) is 0 Å². The number of hydrogen-bond donors (Lipinski definition) is 2. The van der Waals surface area contributed by atoms with Gasteiger partial charge in [0.2, 0.25) is 5.91 Å². The normalized spacial score (nSPS) is 29.1. The molecule has 0 bridgehead atoms. The second kappa shape index (κ2) is 6.55. The molecule has 1 atom stereocenters. The maximum Gasteiger partial charge on any atom is 0.306 e. The van der Waals surface area contributed by atoms with Crippen LogP contribution in [0.3, 0.4) is 0 Å². The number of carbonyl (C=O) groups excluding carboxylic acids is 1. The van der Waals surface area contributed by atoms with Gasteiger partial charge in [0.05, 0.1) is 17.9 Å². The van der Waals surface area contributed by atoms with Crippen molar-refractivity contribution in [1.82, 2.24) is 5.32 Å². The van der Waals surface area contributed by atoms with Crippen LogP contribution in [0.1, 0.15) is 42.4 Å². The minimum Gasteiger partial charge on any atom is -0.481 e. The van der Waals surface area contributed by atoms with E-state index in [-0.39, 0.29) is 23.5 Å². The Morgan fingerprint density at radius 3 is 2.54 bits per heavy atom. The Morgan fingerprint density at radius 1 is 1.25 bits per heavy atom. The highest BCUT2D eigenvalue weighted by Gasteiger charge is 2.51. The van der Waals surface area contributed by atoms with Gasteiger partial charge in [0.25, 0.3) is 0 Å². The van der Waals surface area contributed by atoms with E-state index >= 15 is 0 Å². The molecule has 1 spiro atoms. The van der Waals surface area contributed by atoms with E-state index in [2.05, 4.69) is 5.32 Å². The van der Waals surface area contributed by atoms with Gasteiger partial charge in [0, 0.05) is 12.6 Å². The summed E-state index contributed by atoms with van der Waals surface area (Å²) in [4.78, 5) is 23.4. The van der Waals surface area contributed by atoms with Crippen LogP contribution in [0.2, 0.25) is 0 Å². The van der Waals surface area contributed by atoms with Gasteiger partial charge in [-0.05, 0) is 56.2 Å². The molecule has 3 rings (SSSR count). The van der Waals surface area contributed by atoms with Crippen LogP contribution in [0.5, 0.6) is 0 Å². The van der Waals surface area contributed by atoms with Crippen LogP contribution < -0.4 is 5.32 Å². The monoisotopic (exact) mass is 331 g/mol. The topological polar surface area (TPSA) is 75.6 Å². The number of aliphatic carboxylic acids is 1. The first kappa shape index (κ1) is 17.0. The van der Waals surface area contributed by atoms with Gasteiger partial charge >= 0.3 is 5.97 Å². The van der Waals surface area contributed by atoms with E-state index in [1.807, 2.05) is 32.0 Å². The first-order valence-electron chi connectivity index (χ1n) is 8.60. The SMILES string of the molecule is Cc1cccc(C)c1CC(=O)NC1CCOC2(C1)CC(C(=O)O)C2. The fourth-order valence-corrected chi connectivity index (χ4v) is 4.02. The third kappa shape index (κ3) is 3.46. The van der Waals surface area contributed by atoms with Gasteiger partial charge in [-0.2, -0.15) is 0 Å². The molecule has 130 valence electrons. The van der Waals surface area contributed by atoms with Gasteiger partial charge < -0.3 is 15.2 Å². The number of nitrogens with one attached hydrogen (secondary N) is 1. The lowest BCUT2D eigenvalue weighted by Gasteiger charge is -2.50. The first-order chi connectivity index (χ1) is 11.4. The zero-order valence-electron chi connectivity index (χ0n) is 14.3. The smallest absolute Gasteiger partial charge is 0.306 e. The molecule has 2 N–H and O–H groups in total. The molecule has 0 aromatic heterocycles. The number of carbonyl (C=O) groups is 2. The van der Waals surface area contributed by atoms with E-state index < -0.39 is 5.97 Å². The van der Waals surface area contributed by atoms with Gasteiger partial charge in [-0.15, -0.1) is 0 Å².